The zero-order valence-corrected chi connectivity index (χ0v) is 11.6. The van der Waals surface area contributed by atoms with Crippen LogP contribution < -0.4 is 5.32 Å². The van der Waals surface area contributed by atoms with Gasteiger partial charge in [-0.3, -0.25) is 4.79 Å². The van der Waals surface area contributed by atoms with E-state index in [1.54, 1.807) is 7.11 Å². The lowest BCUT2D eigenvalue weighted by Gasteiger charge is -2.39. The summed E-state index contributed by atoms with van der Waals surface area (Å²) in [5.41, 5.74) is -0.673. The maximum atomic E-state index is 12.5. The van der Waals surface area contributed by atoms with Crippen molar-refractivity contribution in [3.8, 4) is 0 Å². The van der Waals surface area contributed by atoms with Crippen molar-refractivity contribution in [3.63, 3.8) is 0 Å². The van der Waals surface area contributed by atoms with Crippen LogP contribution in [0, 0.1) is 0 Å². The van der Waals surface area contributed by atoms with Gasteiger partial charge in [0.15, 0.2) is 0 Å². The summed E-state index contributed by atoms with van der Waals surface area (Å²) >= 11 is 0. The van der Waals surface area contributed by atoms with Crippen LogP contribution >= 0.6 is 0 Å². The van der Waals surface area contributed by atoms with Gasteiger partial charge in [-0.1, -0.05) is 6.92 Å². The lowest BCUT2D eigenvalue weighted by atomic mass is 9.98. The number of piperidine rings is 1. The van der Waals surface area contributed by atoms with E-state index in [9.17, 15) is 4.79 Å². The van der Waals surface area contributed by atoms with Crippen LogP contribution in [0.3, 0.4) is 0 Å². The predicted octanol–water partition coefficient (Wildman–Crippen LogP) is 1.40. The Morgan fingerprint density at radius 1 is 1.53 bits per heavy atom. The summed E-state index contributed by atoms with van der Waals surface area (Å²) in [6, 6.07) is 0.322. The molecule has 0 aromatic rings. The van der Waals surface area contributed by atoms with Crippen molar-refractivity contribution in [2.75, 3.05) is 26.7 Å². The van der Waals surface area contributed by atoms with Gasteiger partial charge in [0.1, 0.15) is 5.60 Å². The van der Waals surface area contributed by atoms with Gasteiger partial charge in [0, 0.05) is 26.2 Å². The molecule has 1 fully saturated rings. The van der Waals surface area contributed by atoms with E-state index in [1.807, 2.05) is 25.7 Å². The molecule has 0 saturated carbocycles. The molecule has 0 aliphatic carbocycles. The molecule has 17 heavy (non-hydrogen) atoms. The Balaban J connectivity index is 2.74. The third kappa shape index (κ3) is 3.19. The van der Waals surface area contributed by atoms with Gasteiger partial charge in [0.25, 0.3) is 5.91 Å². The average Bonchev–Trinajstić information content (AvgIpc) is 2.39. The number of nitrogens with zero attached hydrogens (tertiary/aromatic N) is 1. The predicted molar refractivity (Wildman–Crippen MR) is 69.0 cm³/mol. The quantitative estimate of drug-likeness (QED) is 0.792. The second-order valence-electron chi connectivity index (χ2n) is 4.88. The topological polar surface area (TPSA) is 41.6 Å². The first-order chi connectivity index (χ1) is 8.09. The van der Waals surface area contributed by atoms with Crippen molar-refractivity contribution in [1.82, 2.24) is 10.2 Å². The molecular formula is C13H26N2O2. The van der Waals surface area contributed by atoms with Gasteiger partial charge in [-0.25, -0.2) is 0 Å². The number of hydrogen-bond donors (Lipinski definition) is 1. The van der Waals surface area contributed by atoms with Crippen LogP contribution in [-0.2, 0) is 9.53 Å². The number of carbonyl (C=O) groups is 1. The van der Waals surface area contributed by atoms with Crippen molar-refractivity contribution in [1.29, 1.82) is 0 Å². The highest BCUT2D eigenvalue weighted by atomic mass is 16.5. The van der Waals surface area contributed by atoms with Crippen LogP contribution in [0.4, 0.5) is 0 Å². The normalized spacial score (nSPS) is 24.1. The number of carbonyl (C=O) groups excluding carboxylic acids is 1. The van der Waals surface area contributed by atoms with Crippen molar-refractivity contribution in [2.45, 2.75) is 51.7 Å². The Morgan fingerprint density at radius 3 is 2.65 bits per heavy atom. The van der Waals surface area contributed by atoms with E-state index < -0.39 is 5.60 Å². The maximum Gasteiger partial charge on any atom is 0.254 e. The lowest BCUT2D eigenvalue weighted by molar-refractivity contribution is -0.156. The van der Waals surface area contributed by atoms with Gasteiger partial charge in [-0.2, -0.15) is 0 Å². The molecule has 100 valence electrons. The fourth-order valence-corrected chi connectivity index (χ4v) is 2.35. The Kier molecular flexibility index (Phi) is 5.40. The molecule has 4 nitrogen and oxygen atoms in total. The Morgan fingerprint density at radius 2 is 2.24 bits per heavy atom. The standard InChI is InChI=1S/C13H26N2O2/c1-5-13(3,17-4)12(16)15(6-2)11-8-7-9-14-10-11/h11,14H,5-10H2,1-4H3. The van der Waals surface area contributed by atoms with Crippen molar-refractivity contribution in [3.05, 3.63) is 0 Å². The third-order valence-corrected chi connectivity index (χ3v) is 3.89. The van der Waals surface area contributed by atoms with Crippen LogP contribution in [-0.4, -0.2) is 49.2 Å². The fraction of sp³-hybridized carbons (Fsp3) is 0.923. The molecule has 0 aromatic carbocycles. The highest BCUT2D eigenvalue weighted by Crippen LogP contribution is 2.21. The molecule has 0 bridgehead atoms. The van der Waals surface area contributed by atoms with Gasteiger partial charge in [0.05, 0.1) is 0 Å². The maximum absolute atomic E-state index is 12.5. The second kappa shape index (κ2) is 6.36. The van der Waals surface area contributed by atoms with Crippen molar-refractivity contribution >= 4 is 5.91 Å². The van der Waals surface area contributed by atoms with Crippen molar-refractivity contribution < 1.29 is 9.53 Å². The number of hydrogen-bond acceptors (Lipinski definition) is 3. The second-order valence-corrected chi connectivity index (χ2v) is 4.88. The molecule has 0 aromatic heterocycles. The monoisotopic (exact) mass is 242 g/mol. The van der Waals surface area contributed by atoms with Crippen LogP contribution in [0.1, 0.15) is 40.0 Å². The molecule has 2 atom stereocenters. The summed E-state index contributed by atoms with van der Waals surface area (Å²) < 4.78 is 5.41. The van der Waals surface area contributed by atoms with E-state index in [0.29, 0.717) is 12.5 Å². The summed E-state index contributed by atoms with van der Waals surface area (Å²) in [4.78, 5) is 14.5. The number of rotatable bonds is 5. The minimum Gasteiger partial charge on any atom is -0.369 e. The average molecular weight is 242 g/mol. The molecule has 4 heteroatoms. The van der Waals surface area contributed by atoms with Crippen molar-refractivity contribution in [2.24, 2.45) is 0 Å². The van der Waals surface area contributed by atoms with E-state index >= 15 is 0 Å². The Bertz CT molecular complexity index is 246. The Labute approximate surface area is 105 Å². The molecular weight excluding hydrogens is 216 g/mol. The number of ether oxygens (including phenoxy) is 1. The largest absolute Gasteiger partial charge is 0.369 e. The lowest BCUT2D eigenvalue weighted by Crippen LogP contribution is -2.55. The summed E-state index contributed by atoms with van der Waals surface area (Å²) in [7, 11) is 1.62. The molecule has 1 aliphatic rings. The zero-order chi connectivity index (χ0) is 12.9. The van der Waals surface area contributed by atoms with Crippen LogP contribution in [0.25, 0.3) is 0 Å². The molecule has 1 heterocycles. The first kappa shape index (κ1) is 14.5. The van der Waals surface area contributed by atoms with E-state index in [4.69, 9.17) is 4.74 Å². The minimum absolute atomic E-state index is 0.124. The number of amides is 1. The molecule has 0 radical (unpaired) electrons. The molecule has 1 aliphatic heterocycles. The first-order valence-corrected chi connectivity index (χ1v) is 6.66. The van der Waals surface area contributed by atoms with E-state index in [2.05, 4.69) is 5.32 Å². The molecule has 1 saturated heterocycles. The summed E-state index contributed by atoms with van der Waals surface area (Å²) in [5, 5.41) is 3.36. The molecule has 1 rings (SSSR count). The summed E-state index contributed by atoms with van der Waals surface area (Å²) in [6.07, 6.45) is 2.94. The van der Waals surface area contributed by atoms with Gasteiger partial charge in [-0.15, -0.1) is 0 Å². The highest BCUT2D eigenvalue weighted by Gasteiger charge is 2.37. The summed E-state index contributed by atoms with van der Waals surface area (Å²) in [5.74, 6) is 0.124. The highest BCUT2D eigenvalue weighted by molar-refractivity contribution is 5.85. The smallest absolute Gasteiger partial charge is 0.254 e. The fourth-order valence-electron chi connectivity index (χ4n) is 2.35. The molecule has 1 N–H and O–H groups in total. The zero-order valence-electron chi connectivity index (χ0n) is 11.6. The van der Waals surface area contributed by atoms with Gasteiger partial charge in [-0.05, 0) is 39.7 Å². The van der Waals surface area contributed by atoms with Crippen LogP contribution in [0.5, 0.6) is 0 Å². The SMILES string of the molecule is CCN(C(=O)C(C)(CC)OC)C1CCCNC1. The minimum atomic E-state index is -0.673. The number of nitrogens with one attached hydrogen (secondary N) is 1. The van der Waals surface area contributed by atoms with E-state index in [-0.39, 0.29) is 5.91 Å². The summed E-state index contributed by atoms with van der Waals surface area (Å²) in [6.45, 7) is 8.64. The first-order valence-electron chi connectivity index (χ1n) is 6.66. The van der Waals surface area contributed by atoms with Gasteiger partial charge < -0.3 is 15.0 Å². The Hall–Kier alpha value is -0.610. The van der Waals surface area contributed by atoms with E-state index in [0.717, 1.165) is 32.5 Å². The van der Waals surface area contributed by atoms with E-state index in [1.165, 1.54) is 0 Å². The molecule has 1 amide bonds. The van der Waals surface area contributed by atoms with Gasteiger partial charge >= 0.3 is 0 Å². The van der Waals surface area contributed by atoms with Crippen LogP contribution in [0.15, 0.2) is 0 Å². The molecule has 0 spiro atoms. The number of methoxy groups -OCH3 is 1. The van der Waals surface area contributed by atoms with Gasteiger partial charge in [0.2, 0.25) is 0 Å². The van der Waals surface area contributed by atoms with Crippen LogP contribution in [0.2, 0.25) is 0 Å². The molecule has 2 unspecified atom stereocenters. The third-order valence-electron chi connectivity index (χ3n) is 3.89. The number of likely N-dealkylation sites (N-methyl/N-ethyl adjacent to an activating group) is 1.